The van der Waals surface area contributed by atoms with Crippen LogP contribution in [0.15, 0.2) is 24.3 Å². The molecule has 0 amide bonds. The Hall–Kier alpha value is -0.510. The summed E-state index contributed by atoms with van der Waals surface area (Å²) >= 11 is 2.05. The van der Waals surface area contributed by atoms with E-state index in [2.05, 4.69) is 48.4 Å². The number of thioether (sulfide) groups is 1. The number of nitrogens with one attached hydrogen (secondary N) is 1. The Kier molecular flexibility index (Phi) is 4.27. The molecule has 0 bridgehead atoms. The number of nitrogens with two attached hydrogens (primary N) is 1. The Morgan fingerprint density at radius 1 is 1.31 bits per heavy atom. The summed E-state index contributed by atoms with van der Waals surface area (Å²) in [5.41, 5.74) is 5.60. The molecule has 0 aliphatic carbocycles. The van der Waals surface area contributed by atoms with Crippen LogP contribution in [0.1, 0.15) is 36.4 Å². The van der Waals surface area contributed by atoms with E-state index in [1.54, 1.807) is 0 Å². The van der Waals surface area contributed by atoms with Crippen LogP contribution in [0.4, 0.5) is 0 Å². The van der Waals surface area contributed by atoms with Crippen molar-refractivity contribution in [2.45, 2.75) is 37.5 Å². The summed E-state index contributed by atoms with van der Waals surface area (Å²) in [5.74, 6) is 6.98. The predicted molar refractivity (Wildman–Crippen MR) is 71.3 cm³/mol. The molecule has 0 saturated carbocycles. The summed E-state index contributed by atoms with van der Waals surface area (Å²) in [6, 6.07) is 9.00. The zero-order chi connectivity index (χ0) is 11.4. The number of hydrazine groups is 1. The molecule has 3 heteroatoms. The van der Waals surface area contributed by atoms with Gasteiger partial charge in [-0.2, -0.15) is 11.8 Å². The summed E-state index contributed by atoms with van der Waals surface area (Å²) in [5, 5.41) is 0.626. The minimum Gasteiger partial charge on any atom is -0.271 e. The van der Waals surface area contributed by atoms with Gasteiger partial charge < -0.3 is 0 Å². The third-order valence-electron chi connectivity index (χ3n) is 3.20. The van der Waals surface area contributed by atoms with Crippen LogP contribution < -0.4 is 11.3 Å². The number of hydrogen-bond acceptors (Lipinski definition) is 3. The van der Waals surface area contributed by atoms with Crippen LogP contribution in [0.25, 0.3) is 0 Å². The van der Waals surface area contributed by atoms with Crippen molar-refractivity contribution < 1.29 is 0 Å². The molecule has 0 spiro atoms. The topological polar surface area (TPSA) is 38.0 Å². The van der Waals surface area contributed by atoms with E-state index in [0.717, 1.165) is 0 Å². The molecule has 1 aliphatic rings. The zero-order valence-electron chi connectivity index (χ0n) is 9.78. The molecule has 2 nitrogen and oxygen atoms in total. The molecule has 2 atom stereocenters. The van der Waals surface area contributed by atoms with Gasteiger partial charge in [0.25, 0.3) is 0 Å². The van der Waals surface area contributed by atoms with Gasteiger partial charge in [-0.3, -0.25) is 11.3 Å². The second kappa shape index (κ2) is 5.71. The van der Waals surface area contributed by atoms with Crippen LogP contribution in [-0.2, 0) is 0 Å². The number of hydrogen-bond donors (Lipinski definition) is 2. The smallest absolute Gasteiger partial charge is 0.0578 e. The van der Waals surface area contributed by atoms with Crippen LogP contribution in [-0.4, -0.2) is 11.0 Å². The molecule has 0 aromatic heterocycles. The summed E-state index contributed by atoms with van der Waals surface area (Å²) in [6.07, 6.45) is 3.96. The van der Waals surface area contributed by atoms with E-state index < -0.39 is 0 Å². The zero-order valence-corrected chi connectivity index (χ0v) is 10.6. The maximum atomic E-state index is 5.71. The van der Waals surface area contributed by atoms with Gasteiger partial charge in [0.2, 0.25) is 0 Å². The average Bonchev–Trinajstić information content (AvgIpc) is 2.34. The minimum atomic E-state index is 0.297. The highest BCUT2D eigenvalue weighted by atomic mass is 32.2. The Labute approximate surface area is 102 Å². The quantitative estimate of drug-likeness (QED) is 0.626. The fraction of sp³-hybridized carbons (Fsp3) is 0.538. The Morgan fingerprint density at radius 2 is 2.06 bits per heavy atom. The molecule has 0 radical (unpaired) electrons. The van der Waals surface area contributed by atoms with Crippen LogP contribution in [0.2, 0.25) is 0 Å². The monoisotopic (exact) mass is 236 g/mol. The van der Waals surface area contributed by atoms with Crippen molar-refractivity contribution >= 4 is 11.8 Å². The van der Waals surface area contributed by atoms with Gasteiger partial charge in [-0.15, -0.1) is 0 Å². The third-order valence-corrected chi connectivity index (χ3v) is 4.66. The van der Waals surface area contributed by atoms with Crippen LogP contribution >= 0.6 is 11.8 Å². The van der Waals surface area contributed by atoms with Crippen molar-refractivity contribution in [3.05, 3.63) is 35.4 Å². The van der Waals surface area contributed by atoms with Crippen molar-refractivity contribution in [2.24, 2.45) is 5.84 Å². The first kappa shape index (κ1) is 12.0. The molecule has 2 rings (SSSR count). The van der Waals surface area contributed by atoms with E-state index in [1.165, 1.54) is 36.1 Å². The molecule has 2 unspecified atom stereocenters. The second-order valence-corrected chi connectivity index (χ2v) is 5.81. The summed E-state index contributed by atoms with van der Waals surface area (Å²) < 4.78 is 0. The van der Waals surface area contributed by atoms with E-state index in [-0.39, 0.29) is 0 Å². The molecule has 1 fully saturated rings. The first-order chi connectivity index (χ1) is 7.81. The van der Waals surface area contributed by atoms with Crippen molar-refractivity contribution in [1.82, 2.24) is 5.43 Å². The first-order valence-corrected chi connectivity index (χ1v) is 7.00. The fourth-order valence-corrected chi connectivity index (χ4v) is 3.66. The summed E-state index contributed by atoms with van der Waals surface area (Å²) in [6.45, 7) is 2.12. The van der Waals surface area contributed by atoms with Gasteiger partial charge in [0, 0.05) is 5.25 Å². The lowest BCUT2D eigenvalue weighted by Gasteiger charge is -2.29. The maximum absolute atomic E-state index is 5.71. The van der Waals surface area contributed by atoms with Crippen molar-refractivity contribution in [2.75, 3.05) is 5.75 Å². The highest BCUT2D eigenvalue weighted by Gasteiger charge is 2.24. The van der Waals surface area contributed by atoms with Gasteiger partial charge in [-0.1, -0.05) is 36.2 Å². The van der Waals surface area contributed by atoms with Crippen molar-refractivity contribution in [1.29, 1.82) is 0 Å². The maximum Gasteiger partial charge on any atom is 0.0578 e. The van der Waals surface area contributed by atoms with E-state index >= 15 is 0 Å². The lowest BCUT2D eigenvalue weighted by Crippen LogP contribution is -2.36. The first-order valence-electron chi connectivity index (χ1n) is 5.95. The standard InChI is InChI=1S/C13H20N2S/c1-10-5-7-11(8-6-10)13(15-14)12-4-2-3-9-16-12/h5-8,12-13,15H,2-4,9,14H2,1H3. The van der Waals surface area contributed by atoms with Gasteiger partial charge in [-0.25, -0.2) is 0 Å². The van der Waals surface area contributed by atoms with E-state index in [9.17, 15) is 0 Å². The number of aryl methyl sites for hydroxylation is 1. The molecule has 1 aliphatic heterocycles. The van der Waals surface area contributed by atoms with E-state index in [0.29, 0.717) is 11.3 Å². The molecule has 1 aromatic carbocycles. The van der Waals surface area contributed by atoms with Crippen molar-refractivity contribution in [3.8, 4) is 0 Å². The summed E-state index contributed by atoms with van der Waals surface area (Å²) in [7, 11) is 0. The highest BCUT2D eigenvalue weighted by Crippen LogP contribution is 2.34. The van der Waals surface area contributed by atoms with Gasteiger partial charge in [0.15, 0.2) is 0 Å². The minimum absolute atomic E-state index is 0.297. The predicted octanol–water partition coefficient (Wildman–Crippen LogP) is 2.79. The van der Waals surface area contributed by atoms with Crippen molar-refractivity contribution in [3.63, 3.8) is 0 Å². The van der Waals surface area contributed by atoms with Gasteiger partial charge in [-0.05, 0) is 31.1 Å². The second-order valence-electron chi connectivity index (χ2n) is 4.46. The Balaban J connectivity index is 2.11. The Bertz CT molecular complexity index is 317. The molecular formula is C13H20N2S. The fourth-order valence-electron chi connectivity index (χ4n) is 2.22. The molecule has 88 valence electrons. The number of benzene rings is 1. The molecular weight excluding hydrogens is 216 g/mol. The lowest BCUT2D eigenvalue weighted by atomic mass is 9.99. The van der Waals surface area contributed by atoms with Gasteiger partial charge in [0.1, 0.15) is 0 Å². The van der Waals surface area contributed by atoms with Gasteiger partial charge >= 0.3 is 0 Å². The molecule has 1 aromatic rings. The van der Waals surface area contributed by atoms with Gasteiger partial charge in [0.05, 0.1) is 6.04 Å². The number of rotatable bonds is 3. The summed E-state index contributed by atoms with van der Waals surface area (Å²) in [4.78, 5) is 0. The molecule has 16 heavy (non-hydrogen) atoms. The largest absolute Gasteiger partial charge is 0.271 e. The molecule has 3 N–H and O–H groups in total. The third kappa shape index (κ3) is 2.78. The Morgan fingerprint density at radius 3 is 2.62 bits per heavy atom. The van der Waals surface area contributed by atoms with Crippen LogP contribution in [0.3, 0.4) is 0 Å². The molecule has 1 saturated heterocycles. The normalized spacial score (nSPS) is 23.0. The van der Waals surface area contributed by atoms with E-state index in [4.69, 9.17) is 5.84 Å². The average molecular weight is 236 g/mol. The molecule has 1 heterocycles. The lowest BCUT2D eigenvalue weighted by molar-refractivity contribution is 0.492. The van der Waals surface area contributed by atoms with Crippen LogP contribution in [0, 0.1) is 6.92 Å². The van der Waals surface area contributed by atoms with Crippen LogP contribution in [0.5, 0.6) is 0 Å². The highest BCUT2D eigenvalue weighted by molar-refractivity contribution is 8.00. The SMILES string of the molecule is Cc1ccc(C(NN)C2CCCCS2)cc1. The van der Waals surface area contributed by atoms with E-state index in [1.807, 2.05) is 0 Å².